The van der Waals surface area contributed by atoms with Crippen LogP contribution in [0.1, 0.15) is 17.9 Å². The van der Waals surface area contributed by atoms with E-state index >= 15 is 0 Å². The van der Waals surface area contributed by atoms with E-state index in [1.165, 1.54) is 12.1 Å². The fourth-order valence-electron chi connectivity index (χ4n) is 2.40. The summed E-state index contributed by atoms with van der Waals surface area (Å²) in [7, 11) is -3.37. The van der Waals surface area contributed by atoms with Crippen LogP contribution < -0.4 is 10.5 Å². The topological polar surface area (TPSA) is 105 Å². The monoisotopic (exact) mass is 319 g/mol. The van der Waals surface area contributed by atoms with Crippen LogP contribution in [0, 0.1) is 0 Å². The van der Waals surface area contributed by atoms with Gasteiger partial charge in [-0.15, -0.1) is 0 Å². The normalized spacial score (nSPS) is 20.6. The highest BCUT2D eigenvalue weighted by atomic mass is 32.2. The fraction of sp³-hybridized carbons (Fsp3) is 0.267. The first kappa shape index (κ1) is 14.8. The van der Waals surface area contributed by atoms with E-state index in [4.69, 9.17) is 5.73 Å². The van der Waals surface area contributed by atoms with Gasteiger partial charge in [0.05, 0.1) is 11.9 Å². The maximum Gasteiger partial charge on any atom is 0.229 e. The third-order valence-corrected chi connectivity index (χ3v) is 4.24. The lowest BCUT2D eigenvalue weighted by Crippen LogP contribution is -2.09. The summed E-state index contributed by atoms with van der Waals surface area (Å²) in [5.74, 6) is 0.413. The molecule has 0 spiro atoms. The lowest BCUT2D eigenvalue weighted by atomic mass is 10.1. The average molecular weight is 319 g/mol. The van der Waals surface area contributed by atoms with Crippen LogP contribution in [0.25, 0.3) is 11.3 Å². The molecule has 2 atom stereocenters. The quantitative estimate of drug-likeness (QED) is 0.743. The van der Waals surface area contributed by atoms with E-state index in [0.717, 1.165) is 18.2 Å². The van der Waals surface area contributed by atoms with E-state index in [2.05, 4.69) is 9.71 Å². The number of rotatable bonds is 4. The van der Waals surface area contributed by atoms with Crippen LogP contribution in [-0.4, -0.2) is 30.8 Å². The Kier molecular flexibility index (Phi) is 3.54. The molecule has 0 saturated heterocycles. The summed E-state index contributed by atoms with van der Waals surface area (Å²) in [6.07, 6.45) is 3.80. The first-order valence-electron chi connectivity index (χ1n) is 6.86. The maximum absolute atomic E-state index is 11.3. The molecule has 1 heterocycles. The maximum atomic E-state index is 11.3. The van der Waals surface area contributed by atoms with Crippen LogP contribution in [0.3, 0.4) is 0 Å². The highest BCUT2D eigenvalue weighted by Crippen LogP contribution is 2.39. The van der Waals surface area contributed by atoms with E-state index in [-0.39, 0.29) is 11.8 Å². The third kappa shape index (κ3) is 3.20. The van der Waals surface area contributed by atoms with Gasteiger partial charge in [-0.2, -0.15) is 0 Å². The average Bonchev–Trinajstić information content (AvgIpc) is 3.17. The van der Waals surface area contributed by atoms with E-state index in [9.17, 15) is 13.5 Å². The second-order valence-corrected chi connectivity index (χ2v) is 7.34. The number of hydrogen-bond donors (Lipinski definition) is 3. The van der Waals surface area contributed by atoms with Gasteiger partial charge in [0, 0.05) is 29.4 Å². The van der Waals surface area contributed by atoms with Crippen LogP contribution in [0.2, 0.25) is 0 Å². The highest BCUT2D eigenvalue weighted by molar-refractivity contribution is 7.92. The molecule has 1 saturated carbocycles. The molecule has 3 rings (SSSR count). The molecule has 1 aromatic heterocycles. The Hall–Kier alpha value is -2.12. The number of aromatic nitrogens is 1. The summed E-state index contributed by atoms with van der Waals surface area (Å²) >= 11 is 0. The number of nitrogens with two attached hydrogens (primary N) is 1. The van der Waals surface area contributed by atoms with Crippen LogP contribution in [0.4, 0.5) is 5.69 Å². The van der Waals surface area contributed by atoms with E-state index < -0.39 is 10.0 Å². The zero-order valence-electron chi connectivity index (χ0n) is 12.0. The number of benzene rings is 1. The summed E-state index contributed by atoms with van der Waals surface area (Å²) in [6, 6.07) is 8.45. The lowest BCUT2D eigenvalue weighted by molar-refractivity contribution is 0.477. The van der Waals surface area contributed by atoms with E-state index in [1.54, 1.807) is 18.3 Å². The van der Waals surface area contributed by atoms with Crippen molar-refractivity contribution in [3.05, 3.63) is 42.1 Å². The lowest BCUT2D eigenvalue weighted by Gasteiger charge is -2.09. The number of sulfonamides is 1. The van der Waals surface area contributed by atoms with Crippen molar-refractivity contribution in [2.24, 2.45) is 5.73 Å². The molecule has 1 aliphatic carbocycles. The van der Waals surface area contributed by atoms with E-state index in [1.807, 2.05) is 6.07 Å². The number of nitrogens with one attached hydrogen (secondary N) is 1. The van der Waals surface area contributed by atoms with Gasteiger partial charge >= 0.3 is 0 Å². The molecule has 4 N–H and O–H groups in total. The van der Waals surface area contributed by atoms with Crippen molar-refractivity contribution in [3.8, 4) is 17.0 Å². The minimum Gasteiger partial charge on any atom is -0.507 e. The largest absolute Gasteiger partial charge is 0.507 e. The molecule has 22 heavy (non-hydrogen) atoms. The van der Waals surface area contributed by atoms with Crippen molar-refractivity contribution in [1.29, 1.82) is 0 Å². The highest BCUT2D eigenvalue weighted by Gasteiger charge is 2.34. The molecule has 0 unspecified atom stereocenters. The van der Waals surface area contributed by atoms with E-state index in [0.29, 0.717) is 22.9 Å². The number of nitrogens with zero attached hydrogens (tertiary/aromatic N) is 1. The first-order valence-corrected chi connectivity index (χ1v) is 8.75. The zero-order chi connectivity index (χ0) is 15.9. The molecular weight excluding hydrogens is 302 g/mol. The number of pyridine rings is 1. The fourth-order valence-corrected chi connectivity index (χ4v) is 2.96. The number of hydrogen-bond acceptors (Lipinski definition) is 5. The first-order chi connectivity index (χ1) is 10.3. The number of aromatic hydroxyl groups is 1. The summed E-state index contributed by atoms with van der Waals surface area (Å²) in [6.45, 7) is 0. The molecule has 7 heteroatoms. The van der Waals surface area contributed by atoms with Gasteiger partial charge in [0.25, 0.3) is 0 Å². The third-order valence-electron chi connectivity index (χ3n) is 3.63. The Labute approximate surface area is 129 Å². The van der Waals surface area contributed by atoms with Crippen molar-refractivity contribution in [3.63, 3.8) is 0 Å². The van der Waals surface area contributed by atoms with Crippen molar-refractivity contribution < 1.29 is 13.5 Å². The van der Waals surface area contributed by atoms with Crippen LogP contribution in [0.15, 0.2) is 36.5 Å². The predicted molar refractivity (Wildman–Crippen MR) is 85.1 cm³/mol. The molecule has 0 aliphatic heterocycles. The van der Waals surface area contributed by atoms with Gasteiger partial charge in [0.1, 0.15) is 5.75 Å². The Bertz CT molecular complexity index is 803. The molecule has 6 nitrogen and oxygen atoms in total. The van der Waals surface area contributed by atoms with Gasteiger partial charge in [0.15, 0.2) is 0 Å². The molecule has 0 bridgehead atoms. The minimum absolute atomic E-state index is 0.0439. The zero-order valence-corrected chi connectivity index (χ0v) is 12.8. The van der Waals surface area contributed by atoms with Crippen LogP contribution in [0.5, 0.6) is 5.75 Å². The van der Waals surface area contributed by atoms with Gasteiger partial charge in [-0.1, -0.05) is 6.07 Å². The standard InChI is InChI=1S/C15H17N3O3S/c1-22(20,21)18-10-3-5-15(19)12(6-10)14-4-2-9(8-17-14)11-7-13(11)16/h2-6,8,11,13,18-19H,7,16H2,1H3/t11-,13+/m0/s1. The summed E-state index contributed by atoms with van der Waals surface area (Å²) in [5, 5.41) is 9.98. The van der Waals surface area contributed by atoms with Crippen molar-refractivity contribution in [2.45, 2.75) is 18.4 Å². The second kappa shape index (κ2) is 5.26. The van der Waals surface area contributed by atoms with Gasteiger partial charge < -0.3 is 10.8 Å². The molecule has 1 aliphatic rings. The van der Waals surface area contributed by atoms with Crippen LogP contribution in [-0.2, 0) is 10.0 Å². The molecule has 0 amide bonds. The molecule has 2 aromatic rings. The van der Waals surface area contributed by atoms with Crippen molar-refractivity contribution >= 4 is 15.7 Å². The summed E-state index contributed by atoms with van der Waals surface area (Å²) in [5.41, 5.74) is 8.33. The predicted octanol–water partition coefficient (Wildman–Crippen LogP) is 1.64. The Morgan fingerprint density at radius 2 is 2.05 bits per heavy atom. The van der Waals surface area contributed by atoms with Crippen molar-refractivity contribution in [2.75, 3.05) is 11.0 Å². The Balaban J connectivity index is 1.91. The van der Waals surface area contributed by atoms with Gasteiger partial charge in [-0.3, -0.25) is 9.71 Å². The SMILES string of the molecule is CS(=O)(=O)Nc1ccc(O)c(-c2ccc([C@@H]3C[C@H]3N)cn2)c1. The second-order valence-electron chi connectivity index (χ2n) is 5.59. The van der Waals surface area contributed by atoms with Crippen LogP contribution >= 0.6 is 0 Å². The van der Waals surface area contributed by atoms with Gasteiger partial charge in [0.2, 0.25) is 10.0 Å². The van der Waals surface area contributed by atoms with Crippen molar-refractivity contribution in [1.82, 2.24) is 4.98 Å². The summed E-state index contributed by atoms with van der Waals surface area (Å²) in [4.78, 5) is 4.35. The van der Waals surface area contributed by atoms with Gasteiger partial charge in [-0.05, 0) is 36.2 Å². The smallest absolute Gasteiger partial charge is 0.229 e. The Morgan fingerprint density at radius 1 is 1.32 bits per heavy atom. The summed E-state index contributed by atoms with van der Waals surface area (Å²) < 4.78 is 25.0. The molecule has 1 fully saturated rings. The number of phenolic OH excluding ortho intramolecular Hbond substituents is 1. The van der Waals surface area contributed by atoms with Gasteiger partial charge in [-0.25, -0.2) is 8.42 Å². The molecular formula is C15H17N3O3S. The Morgan fingerprint density at radius 3 is 2.59 bits per heavy atom. The molecule has 1 aromatic carbocycles. The molecule has 116 valence electrons. The minimum atomic E-state index is -3.37. The molecule has 0 radical (unpaired) electrons. The number of anilines is 1. The number of phenols is 1.